The van der Waals surface area contributed by atoms with E-state index in [9.17, 15) is 22.8 Å². The van der Waals surface area contributed by atoms with Crippen LogP contribution in [0.3, 0.4) is 0 Å². The lowest BCUT2D eigenvalue weighted by Crippen LogP contribution is -2.66. The fourth-order valence-electron chi connectivity index (χ4n) is 2.90. The van der Waals surface area contributed by atoms with Gasteiger partial charge in [0.25, 0.3) is 0 Å². The van der Waals surface area contributed by atoms with Gasteiger partial charge in [-0.1, -0.05) is 0 Å². The Morgan fingerprint density at radius 1 is 1.16 bits per heavy atom. The van der Waals surface area contributed by atoms with E-state index in [-0.39, 0.29) is 17.9 Å². The minimum atomic E-state index is -3.24. The summed E-state index contributed by atoms with van der Waals surface area (Å²) in [6, 6.07) is -0.799. The van der Waals surface area contributed by atoms with Crippen LogP contribution in [-0.4, -0.2) is 48.2 Å². The second-order valence-electron chi connectivity index (χ2n) is 5.82. The summed E-state index contributed by atoms with van der Waals surface area (Å²) in [6.07, 6.45) is 1.06. The molecule has 0 bridgehead atoms. The summed E-state index contributed by atoms with van der Waals surface area (Å²) in [5.74, 6) is -1.37. The number of sulfone groups is 1. The monoisotopic (exact) mass is 286 g/mol. The predicted molar refractivity (Wildman–Crippen MR) is 63.7 cm³/mol. The first-order valence-corrected chi connectivity index (χ1v) is 7.93. The Morgan fingerprint density at radius 3 is 2.26 bits per heavy atom. The van der Waals surface area contributed by atoms with Crippen LogP contribution >= 0.6 is 0 Å². The first kappa shape index (κ1) is 12.6. The highest BCUT2D eigenvalue weighted by atomic mass is 32.2. The Bertz CT molecular complexity index is 607. The van der Waals surface area contributed by atoms with Crippen molar-refractivity contribution in [3.8, 4) is 0 Å². The fourth-order valence-corrected chi connectivity index (χ4v) is 5.02. The van der Waals surface area contributed by atoms with Crippen LogP contribution in [-0.2, 0) is 19.4 Å². The van der Waals surface area contributed by atoms with Gasteiger partial charge in [0.15, 0.2) is 9.84 Å². The van der Waals surface area contributed by atoms with Gasteiger partial charge < -0.3 is 0 Å². The van der Waals surface area contributed by atoms with Crippen molar-refractivity contribution >= 4 is 27.7 Å². The number of imide groups is 2. The van der Waals surface area contributed by atoms with Gasteiger partial charge in [-0.2, -0.15) is 0 Å². The second kappa shape index (κ2) is 3.36. The van der Waals surface area contributed by atoms with Gasteiger partial charge in [-0.15, -0.1) is 0 Å². The number of nitrogens with zero attached hydrogens (tertiary/aromatic N) is 1. The number of carbonyl (C=O) groups is 3. The molecule has 8 heteroatoms. The maximum absolute atomic E-state index is 12.4. The molecule has 1 atom stereocenters. The minimum Gasteiger partial charge on any atom is -0.277 e. The normalized spacial score (nSPS) is 35.6. The summed E-state index contributed by atoms with van der Waals surface area (Å²) in [5.41, 5.74) is -2.17. The van der Waals surface area contributed by atoms with Crippen LogP contribution in [0.15, 0.2) is 0 Å². The van der Waals surface area contributed by atoms with Gasteiger partial charge in [0.1, 0.15) is 5.41 Å². The van der Waals surface area contributed by atoms with Crippen molar-refractivity contribution in [3.05, 3.63) is 0 Å². The predicted octanol–water partition coefficient (Wildman–Crippen LogP) is -0.578. The quantitative estimate of drug-likeness (QED) is 0.650. The number of hydrogen-bond donors (Lipinski definition) is 1. The zero-order valence-electron chi connectivity index (χ0n) is 10.4. The zero-order chi connectivity index (χ0) is 14.1. The molecule has 19 heavy (non-hydrogen) atoms. The molecule has 1 N–H and O–H groups in total. The molecule has 7 nitrogen and oxygen atoms in total. The van der Waals surface area contributed by atoms with E-state index in [1.54, 1.807) is 6.92 Å². The second-order valence-corrected chi connectivity index (χ2v) is 8.00. The molecule has 104 valence electrons. The van der Waals surface area contributed by atoms with E-state index in [4.69, 9.17) is 0 Å². The smallest absolute Gasteiger partial charge is 0.277 e. The Labute approximate surface area is 110 Å². The third-order valence-electron chi connectivity index (χ3n) is 4.24. The number of hydrogen-bond acceptors (Lipinski definition) is 5. The van der Waals surface area contributed by atoms with E-state index in [1.165, 1.54) is 0 Å². The van der Waals surface area contributed by atoms with Crippen LogP contribution in [0.5, 0.6) is 0 Å². The topological polar surface area (TPSA) is 101 Å². The van der Waals surface area contributed by atoms with E-state index < -0.39 is 38.6 Å². The lowest BCUT2D eigenvalue weighted by atomic mass is 9.93. The summed E-state index contributed by atoms with van der Waals surface area (Å²) in [4.78, 5) is 37.0. The van der Waals surface area contributed by atoms with Crippen LogP contribution in [0.2, 0.25) is 0 Å². The van der Waals surface area contributed by atoms with Gasteiger partial charge in [-0.25, -0.2) is 13.2 Å². The molecule has 0 radical (unpaired) electrons. The average molecular weight is 286 g/mol. The summed E-state index contributed by atoms with van der Waals surface area (Å²) in [6.45, 7) is 1.58. The molecule has 1 spiro atoms. The number of amides is 4. The highest BCUT2D eigenvalue weighted by molar-refractivity contribution is 7.91. The fraction of sp³-hybridized carbons (Fsp3) is 0.727. The van der Waals surface area contributed by atoms with Gasteiger partial charge in [-0.05, 0) is 26.2 Å². The van der Waals surface area contributed by atoms with E-state index >= 15 is 0 Å². The minimum absolute atomic E-state index is 0.0402. The molecule has 4 amide bonds. The molecule has 1 saturated carbocycles. The molecule has 3 fully saturated rings. The molecule has 2 aliphatic heterocycles. The molecule has 0 aromatic rings. The van der Waals surface area contributed by atoms with E-state index in [0.717, 1.165) is 4.90 Å². The number of rotatable bonds is 1. The molecule has 1 unspecified atom stereocenters. The van der Waals surface area contributed by atoms with Gasteiger partial charge in [0, 0.05) is 0 Å². The first-order valence-electron chi connectivity index (χ1n) is 6.11. The lowest BCUT2D eigenvalue weighted by molar-refractivity contribution is -0.147. The third-order valence-corrected chi connectivity index (χ3v) is 6.13. The molecular formula is C11H14N2O5S. The Balaban J connectivity index is 1.98. The van der Waals surface area contributed by atoms with Crippen LogP contribution in [0, 0.1) is 5.41 Å². The standard InChI is InChI=1S/C11H14N2O5S/c1-10(4-5-19(17,18)6-10)13-8(15)11(2-3-11)7(14)12-9(13)16/h2-6H2,1H3,(H,12,14,16). The summed E-state index contributed by atoms with van der Waals surface area (Å²) in [7, 11) is -3.24. The summed E-state index contributed by atoms with van der Waals surface area (Å²) in [5, 5.41) is 2.17. The van der Waals surface area contributed by atoms with Crippen LogP contribution in [0.25, 0.3) is 0 Å². The summed E-state index contributed by atoms with van der Waals surface area (Å²) >= 11 is 0. The molecule has 0 aromatic carbocycles. The highest BCUT2D eigenvalue weighted by Crippen LogP contribution is 2.50. The molecule has 1 aliphatic carbocycles. The molecular weight excluding hydrogens is 272 g/mol. The Kier molecular flexibility index (Phi) is 2.22. The van der Waals surface area contributed by atoms with Gasteiger partial charge in [0.05, 0.1) is 17.0 Å². The van der Waals surface area contributed by atoms with Crippen LogP contribution in [0.4, 0.5) is 4.79 Å². The SMILES string of the molecule is CC1(N2C(=O)NC(=O)C3(CC3)C2=O)CCS(=O)(=O)C1. The number of nitrogens with one attached hydrogen (secondary N) is 1. The van der Waals surface area contributed by atoms with Gasteiger partial charge in [-0.3, -0.25) is 19.8 Å². The number of carbonyl (C=O) groups excluding carboxylic acids is 3. The first-order chi connectivity index (χ1) is 8.70. The van der Waals surface area contributed by atoms with Crippen LogP contribution in [0.1, 0.15) is 26.2 Å². The van der Waals surface area contributed by atoms with E-state index in [2.05, 4.69) is 5.32 Å². The largest absolute Gasteiger partial charge is 0.331 e. The third kappa shape index (κ3) is 1.62. The Morgan fingerprint density at radius 2 is 1.79 bits per heavy atom. The van der Waals surface area contributed by atoms with Crippen molar-refractivity contribution in [1.29, 1.82) is 0 Å². The maximum Gasteiger partial charge on any atom is 0.331 e. The summed E-state index contributed by atoms with van der Waals surface area (Å²) < 4.78 is 23.2. The number of barbiturate groups is 1. The molecule has 2 saturated heterocycles. The van der Waals surface area contributed by atoms with Crippen molar-refractivity contribution in [2.24, 2.45) is 5.41 Å². The van der Waals surface area contributed by atoms with Crippen molar-refractivity contribution in [2.75, 3.05) is 11.5 Å². The highest BCUT2D eigenvalue weighted by Gasteiger charge is 2.65. The van der Waals surface area contributed by atoms with E-state index in [0.29, 0.717) is 12.8 Å². The number of urea groups is 1. The van der Waals surface area contributed by atoms with Gasteiger partial charge in [0.2, 0.25) is 11.8 Å². The van der Waals surface area contributed by atoms with Crippen molar-refractivity contribution in [1.82, 2.24) is 10.2 Å². The van der Waals surface area contributed by atoms with Crippen molar-refractivity contribution in [3.63, 3.8) is 0 Å². The average Bonchev–Trinajstić information content (AvgIpc) is 3.00. The molecule has 3 rings (SSSR count). The molecule has 3 aliphatic rings. The maximum atomic E-state index is 12.4. The zero-order valence-corrected chi connectivity index (χ0v) is 11.2. The Hall–Kier alpha value is -1.44. The van der Waals surface area contributed by atoms with Crippen molar-refractivity contribution in [2.45, 2.75) is 31.7 Å². The van der Waals surface area contributed by atoms with Gasteiger partial charge >= 0.3 is 6.03 Å². The van der Waals surface area contributed by atoms with E-state index in [1.807, 2.05) is 0 Å². The van der Waals surface area contributed by atoms with Crippen LogP contribution < -0.4 is 5.32 Å². The van der Waals surface area contributed by atoms with Crippen molar-refractivity contribution < 1.29 is 22.8 Å². The molecule has 0 aromatic heterocycles. The lowest BCUT2D eigenvalue weighted by Gasteiger charge is -2.40. The molecule has 2 heterocycles.